The van der Waals surface area contributed by atoms with E-state index >= 15 is 0 Å². The van der Waals surface area contributed by atoms with Crippen LogP contribution >= 0.6 is 11.3 Å². The maximum absolute atomic E-state index is 12.8. The van der Waals surface area contributed by atoms with Crippen LogP contribution in [0.3, 0.4) is 0 Å². The molecular weight excluding hydrogens is 420 g/mol. The average Bonchev–Trinajstić information content (AvgIpc) is 3.11. The summed E-state index contributed by atoms with van der Waals surface area (Å²) in [4.78, 5) is 40.7. The van der Waals surface area contributed by atoms with Crippen molar-refractivity contribution >= 4 is 39.2 Å². The Morgan fingerprint density at radius 1 is 1.06 bits per heavy atom. The predicted octanol–water partition coefficient (Wildman–Crippen LogP) is 2.98. The van der Waals surface area contributed by atoms with Crippen LogP contribution in [-0.2, 0) is 16.1 Å². The van der Waals surface area contributed by atoms with E-state index in [1.807, 2.05) is 12.1 Å². The number of aromatic nitrogens is 1. The van der Waals surface area contributed by atoms with Gasteiger partial charge in [0.05, 0.1) is 23.7 Å². The van der Waals surface area contributed by atoms with Crippen LogP contribution in [0.25, 0.3) is 10.2 Å². The summed E-state index contributed by atoms with van der Waals surface area (Å²) in [6.45, 7) is 2.69. The number of benzene rings is 2. The standard InChI is InChI=1S/C22H20N2O6S/c1-13(25)14-3-5-15(6-4-14)21(27)23-22-24(8-7-20(26)28-2)16-11-17-18(12-19(16)31-22)30-10-9-29-17/h3-6,11-12H,7-10H2,1-2H3. The Bertz CT molecular complexity index is 1240. The Hall–Kier alpha value is -3.46. The lowest BCUT2D eigenvalue weighted by Gasteiger charge is -2.18. The number of ketones is 1. The average molecular weight is 440 g/mol. The number of aryl methyl sites for hydroxylation is 1. The Balaban J connectivity index is 1.77. The third-order valence-electron chi connectivity index (χ3n) is 4.85. The molecule has 1 aromatic heterocycles. The number of thiazole rings is 1. The third kappa shape index (κ3) is 4.36. The number of carbonyl (C=O) groups is 3. The second-order valence-corrected chi connectivity index (χ2v) is 7.89. The molecule has 0 bridgehead atoms. The van der Waals surface area contributed by atoms with E-state index in [1.54, 1.807) is 28.8 Å². The molecule has 9 heteroatoms. The van der Waals surface area contributed by atoms with Gasteiger partial charge in [0.15, 0.2) is 22.1 Å². The van der Waals surface area contributed by atoms with Crippen molar-refractivity contribution in [2.45, 2.75) is 19.9 Å². The molecular formula is C22H20N2O6S. The van der Waals surface area contributed by atoms with E-state index in [0.717, 1.165) is 10.2 Å². The molecule has 2 heterocycles. The van der Waals surface area contributed by atoms with Gasteiger partial charge in [-0.1, -0.05) is 23.5 Å². The molecule has 8 nitrogen and oxygen atoms in total. The summed E-state index contributed by atoms with van der Waals surface area (Å²) in [5.41, 5.74) is 1.68. The lowest BCUT2D eigenvalue weighted by molar-refractivity contribution is -0.140. The van der Waals surface area contributed by atoms with Gasteiger partial charge in [-0.25, -0.2) is 0 Å². The van der Waals surface area contributed by atoms with E-state index < -0.39 is 5.91 Å². The largest absolute Gasteiger partial charge is 0.486 e. The van der Waals surface area contributed by atoms with Gasteiger partial charge < -0.3 is 18.8 Å². The van der Waals surface area contributed by atoms with Crippen molar-refractivity contribution in [2.24, 2.45) is 4.99 Å². The van der Waals surface area contributed by atoms with Gasteiger partial charge in [0.25, 0.3) is 5.91 Å². The minimum atomic E-state index is -0.439. The van der Waals surface area contributed by atoms with Gasteiger partial charge in [0.2, 0.25) is 0 Å². The highest BCUT2D eigenvalue weighted by atomic mass is 32.1. The first-order chi connectivity index (χ1) is 15.0. The van der Waals surface area contributed by atoms with Crippen molar-refractivity contribution in [1.82, 2.24) is 4.57 Å². The summed E-state index contributed by atoms with van der Waals surface area (Å²) in [6.07, 6.45) is 0.130. The van der Waals surface area contributed by atoms with Gasteiger partial charge in [-0.3, -0.25) is 14.4 Å². The fourth-order valence-electron chi connectivity index (χ4n) is 3.21. The van der Waals surface area contributed by atoms with Gasteiger partial charge in [-0.05, 0) is 19.1 Å². The van der Waals surface area contributed by atoms with Gasteiger partial charge >= 0.3 is 5.97 Å². The molecule has 1 aliphatic rings. The van der Waals surface area contributed by atoms with Crippen molar-refractivity contribution in [1.29, 1.82) is 0 Å². The molecule has 0 saturated heterocycles. The number of Topliss-reactive ketones (excluding diaryl/α,β-unsaturated/α-hetero) is 1. The lowest BCUT2D eigenvalue weighted by atomic mass is 10.1. The minimum absolute atomic E-state index is 0.0745. The molecule has 4 rings (SSSR count). The van der Waals surface area contributed by atoms with Crippen LogP contribution in [0.2, 0.25) is 0 Å². The number of ether oxygens (including phenoxy) is 3. The van der Waals surface area contributed by atoms with Crippen LogP contribution in [0.4, 0.5) is 0 Å². The molecule has 0 saturated carbocycles. The fourth-order valence-corrected chi connectivity index (χ4v) is 4.28. The second kappa shape index (κ2) is 8.73. The summed E-state index contributed by atoms with van der Waals surface area (Å²) in [5, 5.41) is 0. The topological polar surface area (TPSA) is 96.2 Å². The predicted molar refractivity (Wildman–Crippen MR) is 114 cm³/mol. The van der Waals surface area contributed by atoms with E-state index in [-0.39, 0.29) is 18.2 Å². The highest BCUT2D eigenvalue weighted by Gasteiger charge is 2.18. The Kier molecular flexibility index (Phi) is 5.85. The molecule has 0 unspecified atom stereocenters. The van der Waals surface area contributed by atoms with Crippen molar-refractivity contribution in [2.75, 3.05) is 20.3 Å². The highest BCUT2D eigenvalue weighted by Crippen LogP contribution is 2.35. The number of hydrogen-bond acceptors (Lipinski definition) is 7. The van der Waals surface area contributed by atoms with Crippen molar-refractivity contribution < 1.29 is 28.6 Å². The summed E-state index contributed by atoms with van der Waals surface area (Å²) >= 11 is 1.32. The number of carbonyl (C=O) groups excluding carboxylic acids is 3. The Morgan fingerprint density at radius 2 is 1.71 bits per heavy atom. The van der Waals surface area contributed by atoms with E-state index in [4.69, 9.17) is 14.2 Å². The van der Waals surface area contributed by atoms with Crippen LogP contribution < -0.4 is 14.3 Å². The molecule has 0 atom stereocenters. The zero-order valence-electron chi connectivity index (χ0n) is 17.0. The maximum Gasteiger partial charge on any atom is 0.307 e. The quantitative estimate of drug-likeness (QED) is 0.447. The molecule has 0 aliphatic carbocycles. The lowest BCUT2D eigenvalue weighted by Crippen LogP contribution is -2.19. The monoisotopic (exact) mass is 440 g/mol. The number of rotatable bonds is 5. The zero-order chi connectivity index (χ0) is 22.0. The summed E-state index contributed by atoms with van der Waals surface area (Å²) in [7, 11) is 1.33. The molecule has 0 spiro atoms. The first kappa shape index (κ1) is 20.8. The van der Waals surface area contributed by atoms with Gasteiger partial charge in [-0.15, -0.1) is 0 Å². The number of methoxy groups -OCH3 is 1. The fraction of sp³-hybridized carbons (Fsp3) is 0.273. The van der Waals surface area contributed by atoms with E-state index in [2.05, 4.69) is 4.99 Å². The van der Waals surface area contributed by atoms with Crippen LogP contribution in [-0.4, -0.2) is 42.6 Å². The number of amides is 1. The van der Waals surface area contributed by atoms with Crippen LogP contribution in [0.5, 0.6) is 11.5 Å². The highest BCUT2D eigenvalue weighted by molar-refractivity contribution is 7.16. The second-order valence-electron chi connectivity index (χ2n) is 6.88. The minimum Gasteiger partial charge on any atom is -0.486 e. The number of nitrogens with zero attached hydrogens (tertiary/aromatic N) is 2. The smallest absolute Gasteiger partial charge is 0.307 e. The molecule has 160 valence electrons. The molecule has 3 aromatic rings. The maximum atomic E-state index is 12.8. The van der Waals surface area contributed by atoms with Crippen molar-refractivity contribution in [3.8, 4) is 11.5 Å². The Morgan fingerprint density at radius 3 is 2.35 bits per heavy atom. The third-order valence-corrected chi connectivity index (χ3v) is 5.89. The van der Waals surface area contributed by atoms with Crippen LogP contribution in [0, 0.1) is 0 Å². The summed E-state index contributed by atoms with van der Waals surface area (Å²) in [5.74, 6) is 0.376. The molecule has 1 amide bonds. The van der Waals surface area contributed by atoms with Gasteiger partial charge in [0.1, 0.15) is 13.2 Å². The van der Waals surface area contributed by atoms with Gasteiger partial charge in [-0.2, -0.15) is 4.99 Å². The molecule has 31 heavy (non-hydrogen) atoms. The van der Waals surface area contributed by atoms with E-state index in [9.17, 15) is 14.4 Å². The zero-order valence-corrected chi connectivity index (χ0v) is 17.9. The SMILES string of the molecule is COC(=O)CCn1c(=NC(=O)c2ccc(C(C)=O)cc2)sc2cc3c(cc21)OCCO3. The molecule has 1 aliphatic heterocycles. The van der Waals surface area contributed by atoms with Crippen LogP contribution in [0.1, 0.15) is 34.1 Å². The molecule has 0 radical (unpaired) electrons. The van der Waals surface area contributed by atoms with Crippen molar-refractivity contribution in [3.63, 3.8) is 0 Å². The number of fused-ring (bicyclic) bond motifs is 2. The Labute approximate surface area is 181 Å². The number of hydrogen-bond donors (Lipinski definition) is 0. The van der Waals surface area contributed by atoms with Crippen molar-refractivity contribution in [3.05, 3.63) is 52.3 Å². The summed E-state index contributed by atoms with van der Waals surface area (Å²) < 4.78 is 18.7. The van der Waals surface area contributed by atoms with Gasteiger partial charge in [0, 0.05) is 29.8 Å². The molecule has 0 N–H and O–H groups in total. The van der Waals surface area contributed by atoms with E-state index in [1.165, 1.54) is 25.4 Å². The first-order valence-corrected chi connectivity index (χ1v) is 10.5. The normalized spacial score (nSPS) is 13.3. The summed E-state index contributed by atoms with van der Waals surface area (Å²) in [6, 6.07) is 10.1. The molecule has 0 fully saturated rings. The molecule has 2 aromatic carbocycles. The van der Waals surface area contributed by atoms with Crippen LogP contribution in [0.15, 0.2) is 41.4 Å². The first-order valence-electron chi connectivity index (χ1n) is 9.66. The number of esters is 1. The van der Waals surface area contributed by atoms with E-state index in [0.29, 0.717) is 47.2 Å².